The first kappa shape index (κ1) is 18.4. The van der Waals surface area contributed by atoms with Crippen LogP contribution in [0.25, 0.3) is 15.3 Å². The molecule has 148 valence electrons. The van der Waals surface area contributed by atoms with Crippen LogP contribution < -0.4 is 4.74 Å². The van der Waals surface area contributed by atoms with E-state index >= 15 is 0 Å². The third kappa shape index (κ3) is 3.16. The van der Waals surface area contributed by atoms with E-state index in [4.69, 9.17) is 4.74 Å². The Morgan fingerprint density at radius 2 is 2.07 bits per heavy atom. The molecule has 4 aromatic heterocycles. The molecule has 8 heteroatoms. The van der Waals surface area contributed by atoms with Crippen LogP contribution in [0.1, 0.15) is 45.0 Å². The van der Waals surface area contributed by atoms with Gasteiger partial charge in [0, 0.05) is 33.4 Å². The Morgan fingerprint density at radius 3 is 2.90 bits per heavy atom. The Kier molecular flexibility index (Phi) is 4.67. The third-order valence-corrected chi connectivity index (χ3v) is 7.36. The second-order valence-corrected chi connectivity index (χ2v) is 9.17. The molecule has 0 aliphatic heterocycles. The number of thiazole rings is 1. The van der Waals surface area contributed by atoms with E-state index in [1.165, 1.54) is 29.6 Å². The molecule has 0 N–H and O–H groups in total. The molecule has 29 heavy (non-hydrogen) atoms. The molecule has 4 aromatic rings. The minimum atomic E-state index is -0.0586. The Hall–Kier alpha value is -2.58. The van der Waals surface area contributed by atoms with Crippen molar-refractivity contribution >= 4 is 38.7 Å². The van der Waals surface area contributed by atoms with Gasteiger partial charge >= 0.3 is 0 Å². The molecule has 0 saturated carbocycles. The van der Waals surface area contributed by atoms with Crippen LogP contribution in [0.3, 0.4) is 0 Å². The first-order valence-electron chi connectivity index (χ1n) is 9.63. The van der Waals surface area contributed by atoms with E-state index in [1.54, 1.807) is 28.9 Å². The number of ketones is 1. The highest BCUT2D eigenvalue weighted by Crippen LogP contribution is 2.39. The van der Waals surface area contributed by atoms with Crippen molar-refractivity contribution in [1.29, 1.82) is 0 Å². The quantitative estimate of drug-likeness (QED) is 0.435. The molecule has 0 aromatic carbocycles. The highest BCUT2D eigenvalue weighted by molar-refractivity contribution is 7.18. The molecule has 0 amide bonds. The largest absolute Gasteiger partial charge is 0.469 e. The van der Waals surface area contributed by atoms with Gasteiger partial charge in [-0.2, -0.15) is 0 Å². The Balaban J connectivity index is 1.42. The first-order valence-corrected chi connectivity index (χ1v) is 11.3. The standard InChI is InChI=1S/C21H20N4O2S2/c1-12-9-15(13(2)25(12)21-22-7-8-28-21)16(26)10-27-19-18-14-5-3-4-6-17(14)29-20(18)24-11-23-19/h7-9,11H,3-6,10H2,1-2H3. The predicted molar refractivity (Wildman–Crippen MR) is 115 cm³/mol. The van der Waals surface area contributed by atoms with Crippen LogP contribution >= 0.6 is 22.7 Å². The smallest absolute Gasteiger partial charge is 0.226 e. The summed E-state index contributed by atoms with van der Waals surface area (Å²) >= 11 is 3.27. The van der Waals surface area contributed by atoms with Crippen LogP contribution in [0.15, 0.2) is 24.0 Å². The lowest BCUT2D eigenvalue weighted by molar-refractivity contribution is 0.0918. The number of Topliss-reactive ketones (excluding diaryl/α,β-unsaturated/α-hetero) is 1. The molecule has 1 aliphatic carbocycles. The summed E-state index contributed by atoms with van der Waals surface area (Å²) in [7, 11) is 0. The normalized spacial score (nSPS) is 13.6. The van der Waals surface area contributed by atoms with Crippen LogP contribution in [0.2, 0.25) is 0 Å². The highest BCUT2D eigenvalue weighted by Gasteiger charge is 2.22. The van der Waals surface area contributed by atoms with E-state index in [-0.39, 0.29) is 12.4 Å². The highest BCUT2D eigenvalue weighted by atomic mass is 32.1. The fourth-order valence-corrected chi connectivity index (χ4v) is 6.02. The van der Waals surface area contributed by atoms with Crippen LogP contribution in [0.5, 0.6) is 5.88 Å². The molecule has 0 spiro atoms. The van der Waals surface area contributed by atoms with Gasteiger partial charge in [0.15, 0.2) is 11.7 Å². The van der Waals surface area contributed by atoms with Gasteiger partial charge in [0.2, 0.25) is 11.7 Å². The van der Waals surface area contributed by atoms with Crippen LogP contribution in [0.4, 0.5) is 0 Å². The van der Waals surface area contributed by atoms with Crippen LogP contribution in [-0.4, -0.2) is 31.9 Å². The molecule has 0 saturated heterocycles. The molecule has 1 aliphatic rings. The predicted octanol–water partition coefficient (Wildman–Crippen LogP) is 4.70. The SMILES string of the molecule is Cc1cc(C(=O)COc2ncnc3sc4c(c23)CCCC4)c(C)n1-c1nccs1. The Bertz CT molecular complexity index is 1210. The Morgan fingerprint density at radius 1 is 1.21 bits per heavy atom. The maximum Gasteiger partial charge on any atom is 0.226 e. The summed E-state index contributed by atoms with van der Waals surface area (Å²) in [5.41, 5.74) is 3.83. The average molecular weight is 425 g/mol. The zero-order valence-electron chi connectivity index (χ0n) is 16.3. The first-order chi connectivity index (χ1) is 14.1. The number of rotatable bonds is 5. The summed E-state index contributed by atoms with van der Waals surface area (Å²) in [4.78, 5) is 28.4. The second-order valence-electron chi connectivity index (χ2n) is 7.22. The monoisotopic (exact) mass is 424 g/mol. The number of carbonyl (C=O) groups excluding carboxylic acids is 1. The number of ether oxygens (including phenoxy) is 1. The lowest BCUT2D eigenvalue weighted by Crippen LogP contribution is -2.13. The average Bonchev–Trinajstić information content (AvgIpc) is 3.43. The van der Waals surface area contributed by atoms with Gasteiger partial charge in [-0.05, 0) is 51.2 Å². The van der Waals surface area contributed by atoms with Crippen molar-refractivity contribution in [2.75, 3.05) is 6.61 Å². The van der Waals surface area contributed by atoms with E-state index in [9.17, 15) is 4.79 Å². The summed E-state index contributed by atoms with van der Waals surface area (Å²) in [6, 6.07) is 1.91. The molecule has 5 rings (SSSR count). The molecule has 0 bridgehead atoms. The van der Waals surface area contributed by atoms with Gasteiger partial charge in [0.05, 0.1) is 5.39 Å². The zero-order chi connectivity index (χ0) is 20.0. The summed E-state index contributed by atoms with van der Waals surface area (Å²) in [6.45, 7) is 3.89. The summed E-state index contributed by atoms with van der Waals surface area (Å²) < 4.78 is 7.95. The second kappa shape index (κ2) is 7.35. The van der Waals surface area contributed by atoms with Gasteiger partial charge in [0.1, 0.15) is 11.2 Å². The van der Waals surface area contributed by atoms with Gasteiger partial charge in [-0.25, -0.2) is 15.0 Å². The summed E-state index contributed by atoms with van der Waals surface area (Å²) in [5, 5.41) is 3.79. The lowest BCUT2D eigenvalue weighted by atomic mass is 9.97. The summed E-state index contributed by atoms with van der Waals surface area (Å²) in [6.07, 6.45) is 7.81. The number of aryl methyl sites for hydroxylation is 3. The summed E-state index contributed by atoms with van der Waals surface area (Å²) in [5.74, 6) is 0.466. The third-order valence-electron chi connectivity index (χ3n) is 5.40. The number of aromatic nitrogens is 4. The number of nitrogens with zero attached hydrogens (tertiary/aromatic N) is 4. The number of hydrogen-bond acceptors (Lipinski definition) is 7. The molecule has 0 fully saturated rings. The fraction of sp³-hybridized carbons (Fsp3) is 0.333. The minimum Gasteiger partial charge on any atom is -0.469 e. The Labute approximate surface area is 176 Å². The van der Waals surface area contributed by atoms with Crippen molar-refractivity contribution in [2.45, 2.75) is 39.5 Å². The van der Waals surface area contributed by atoms with E-state index in [0.717, 1.165) is 39.6 Å². The van der Waals surface area contributed by atoms with Gasteiger partial charge in [-0.1, -0.05) is 0 Å². The molecule has 4 heterocycles. The molecule has 0 unspecified atom stereocenters. The maximum atomic E-state index is 12.9. The van der Waals surface area contributed by atoms with Gasteiger partial charge in [-0.15, -0.1) is 22.7 Å². The van der Waals surface area contributed by atoms with E-state index < -0.39 is 0 Å². The topological polar surface area (TPSA) is 69.9 Å². The van der Waals surface area contributed by atoms with Crippen molar-refractivity contribution in [2.24, 2.45) is 0 Å². The zero-order valence-corrected chi connectivity index (χ0v) is 17.9. The van der Waals surface area contributed by atoms with E-state index in [1.807, 2.05) is 29.9 Å². The molecule has 0 atom stereocenters. The molecule has 6 nitrogen and oxygen atoms in total. The maximum absolute atomic E-state index is 12.9. The van der Waals surface area contributed by atoms with Crippen molar-refractivity contribution in [1.82, 2.24) is 19.5 Å². The van der Waals surface area contributed by atoms with Crippen molar-refractivity contribution < 1.29 is 9.53 Å². The number of thiophene rings is 1. The molecular weight excluding hydrogens is 404 g/mol. The van der Waals surface area contributed by atoms with E-state index in [2.05, 4.69) is 15.0 Å². The minimum absolute atomic E-state index is 0.0428. The number of carbonyl (C=O) groups is 1. The lowest BCUT2D eigenvalue weighted by Gasteiger charge is -2.12. The van der Waals surface area contributed by atoms with Crippen molar-refractivity contribution in [3.05, 3.63) is 51.4 Å². The number of fused-ring (bicyclic) bond motifs is 3. The van der Waals surface area contributed by atoms with E-state index in [0.29, 0.717) is 11.4 Å². The van der Waals surface area contributed by atoms with Gasteiger partial charge < -0.3 is 4.74 Å². The molecular formula is C21H20N4O2S2. The van der Waals surface area contributed by atoms with Gasteiger partial charge in [0.25, 0.3) is 0 Å². The van der Waals surface area contributed by atoms with Crippen molar-refractivity contribution in [3.63, 3.8) is 0 Å². The van der Waals surface area contributed by atoms with Gasteiger partial charge in [-0.3, -0.25) is 9.36 Å². The number of hydrogen-bond donors (Lipinski definition) is 0. The molecule has 0 radical (unpaired) electrons. The van der Waals surface area contributed by atoms with Crippen LogP contribution in [0, 0.1) is 13.8 Å². The van der Waals surface area contributed by atoms with Crippen LogP contribution in [-0.2, 0) is 12.8 Å². The van der Waals surface area contributed by atoms with Crippen molar-refractivity contribution in [3.8, 4) is 11.0 Å². The fourth-order valence-electron chi connectivity index (χ4n) is 4.05.